The minimum atomic E-state index is -3.73. The maximum Gasteiger partial charge on any atom is 0.262 e. The van der Waals surface area contributed by atoms with Crippen LogP contribution in [0.1, 0.15) is 11.1 Å². The van der Waals surface area contributed by atoms with E-state index in [4.69, 9.17) is 4.74 Å². The van der Waals surface area contributed by atoms with Crippen LogP contribution in [0.2, 0.25) is 0 Å². The van der Waals surface area contributed by atoms with E-state index in [1.807, 2.05) is 32.0 Å². The van der Waals surface area contributed by atoms with Crippen LogP contribution in [0.5, 0.6) is 5.75 Å². The van der Waals surface area contributed by atoms with Gasteiger partial charge in [0.15, 0.2) is 5.82 Å². The number of hydrogen-bond donors (Lipinski definition) is 2. The standard InChI is InChI=1S/C21H25N5O3S/c1-14-15(2)20(11-10-19(14)29-5)30(27,28)25-17-8-6-16(7-9-17)23-21-12-18(26(3)4)13-22-24-21/h6-13,25H,1-5H3,(H,23,24). The van der Waals surface area contributed by atoms with E-state index in [1.54, 1.807) is 56.6 Å². The average Bonchev–Trinajstić information content (AvgIpc) is 2.71. The number of nitrogens with zero attached hydrogens (tertiary/aromatic N) is 3. The summed E-state index contributed by atoms with van der Waals surface area (Å²) in [6.07, 6.45) is 1.67. The van der Waals surface area contributed by atoms with Crippen molar-refractivity contribution in [3.05, 3.63) is 59.8 Å². The molecule has 0 amide bonds. The molecular formula is C21H25N5O3S. The van der Waals surface area contributed by atoms with Crippen LogP contribution in [-0.4, -0.2) is 39.8 Å². The fourth-order valence-corrected chi connectivity index (χ4v) is 4.28. The van der Waals surface area contributed by atoms with Crippen molar-refractivity contribution in [3.8, 4) is 5.75 Å². The van der Waals surface area contributed by atoms with E-state index in [0.29, 0.717) is 22.8 Å². The predicted octanol–water partition coefficient (Wildman–Crippen LogP) is 3.71. The van der Waals surface area contributed by atoms with E-state index in [-0.39, 0.29) is 4.90 Å². The van der Waals surface area contributed by atoms with Crippen molar-refractivity contribution < 1.29 is 13.2 Å². The summed E-state index contributed by atoms with van der Waals surface area (Å²) < 4.78 is 33.6. The first kappa shape index (κ1) is 21.4. The summed E-state index contributed by atoms with van der Waals surface area (Å²) in [6.45, 7) is 3.60. The molecule has 0 radical (unpaired) electrons. The first-order valence-corrected chi connectivity index (χ1v) is 10.7. The fraction of sp³-hybridized carbons (Fsp3) is 0.238. The summed E-state index contributed by atoms with van der Waals surface area (Å²) in [6, 6.07) is 12.0. The second-order valence-corrected chi connectivity index (χ2v) is 8.67. The monoisotopic (exact) mass is 427 g/mol. The second kappa shape index (κ2) is 8.58. The molecule has 158 valence electrons. The first-order valence-electron chi connectivity index (χ1n) is 9.25. The van der Waals surface area contributed by atoms with Gasteiger partial charge in [0.05, 0.1) is 23.9 Å². The van der Waals surface area contributed by atoms with Crippen molar-refractivity contribution in [2.75, 3.05) is 36.1 Å². The lowest BCUT2D eigenvalue weighted by Crippen LogP contribution is -2.15. The normalized spacial score (nSPS) is 11.1. The van der Waals surface area contributed by atoms with E-state index >= 15 is 0 Å². The maximum atomic E-state index is 12.9. The number of ether oxygens (including phenoxy) is 1. The van der Waals surface area contributed by atoms with Crippen molar-refractivity contribution in [2.45, 2.75) is 18.7 Å². The number of nitrogens with one attached hydrogen (secondary N) is 2. The molecule has 1 heterocycles. The Morgan fingerprint density at radius 2 is 1.63 bits per heavy atom. The topological polar surface area (TPSA) is 96.5 Å². The SMILES string of the molecule is COc1ccc(S(=O)(=O)Nc2ccc(Nc3cc(N(C)C)cnn3)cc2)c(C)c1C. The van der Waals surface area contributed by atoms with Crippen LogP contribution >= 0.6 is 0 Å². The third-order valence-electron chi connectivity index (χ3n) is 4.76. The van der Waals surface area contributed by atoms with Gasteiger partial charge in [-0.25, -0.2) is 8.42 Å². The van der Waals surface area contributed by atoms with Gasteiger partial charge in [0, 0.05) is 31.5 Å². The number of rotatable bonds is 7. The van der Waals surface area contributed by atoms with E-state index < -0.39 is 10.0 Å². The molecule has 0 saturated carbocycles. The Hall–Kier alpha value is -3.33. The van der Waals surface area contributed by atoms with Crippen LogP contribution in [0.25, 0.3) is 0 Å². The average molecular weight is 428 g/mol. The Balaban J connectivity index is 1.77. The Kier molecular flexibility index (Phi) is 6.12. The lowest BCUT2D eigenvalue weighted by Gasteiger charge is -2.15. The van der Waals surface area contributed by atoms with E-state index in [9.17, 15) is 8.42 Å². The highest BCUT2D eigenvalue weighted by Gasteiger charge is 2.19. The second-order valence-electron chi connectivity index (χ2n) is 7.02. The van der Waals surface area contributed by atoms with Crippen LogP contribution < -0.4 is 19.7 Å². The zero-order valence-electron chi connectivity index (χ0n) is 17.6. The number of hydrogen-bond acceptors (Lipinski definition) is 7. The molecule has 3 aromatic rings. The summed E-state index contributed by atoms with van der Waals surface area (Å²) in [7, 11) is 1.68. The molecule has 9 heteroatoms. The lowest BCUT2D eigenvalue weighted by molar-refractivity contribution is 0.411. The largest absolute Gasteiger partial charge is 0.496 e. The quantitative estimate of drug-likeness (QED) is 0.593. The van der Waals surface area contributed by atoms with Gasteiger partial charge < -0.3 is 15.0 Å². The molecule has 0 fully saturated rings. The molecular weight excluding hydrogens is 402 g/mol. The van der Waals surface area contributed by atoms with Gasteiger partial charge >= 0.3 is 0 Å². The summed E-state index contributed by atoms with van der Waals surface area (Å²) in [5.74, 6) is 1.25. The molecule has 0 atom stereocenters. The molecule has 0 aliphatic carbocycles. The number of methoxy groups -OCH3 is 1. The fourth-order valence-electron chi connectivity index (χ4n) is 2.92. The van der Waals surface area contributed by atoms with Crippen LogP contribution in [0.4, 0.5) is 22.9 Å². The Morgan fingerprint density at radius 1 is 0.967 bits per heavy atom. The number of anilines is 4. The van der Waals surface area contributed by atoms with Gasteiger partial charge in [-0.15, -0.1) is 5.10 Å². The van der Waals surface area contributed by atoms with Crippen molar-refractivity contribution in [2.24, 2.45) is 0 Å². The maximum absolute atomic E-state index is 12.9. The summed E-state index contributed by atoms with van der Waals surface area (Å²) in [5, 5.41) is 11.2. The molecule has 30 heavy (non-hydrogen) atoms. The molecule has 3 rings (SSSR count). The van der Waals surface area contributed by atoms with E-state index in [2.05, 4.69) is 20.2 Å². The molecule has 8 nitrogen and oxygen atoms in total. The van der Waals surface area contributed by atoms with Gasteiger partial charge in [-0.3, -0.25) is 4.72 Å². The summed E-state index contributed by atoms with van der Waals surface area (Å²) in [5.41, 5.74) is 3.59. The molecule has 0 bridgehead atoms. The van der Waals surface area contributed by atoms with Crippen LogP contribution in [-0.2, 0) is 10.0 Å². The number of benzene rings is 2. The van der Waals surface area contributed by atoms with Crippen LogP contribution in [0, 0.1) is 13.8 Å². The third-order valence-corrected chi connectivity index (χ3v) is 6.29. The Bertz CT molecular complexity index is 1150. The molecule has 0 aliphatic heterocycles. The summed E-state index contributed by atoms with van der Waals surface area (Å²) in [4.78, 5) is 2.15. The highest BCUT2D eigenvalue weighted by atomic mass is 32.2. The van der Waals surface area contributed by atoms with Crippen molar-refractivity contribution in [1.82, 2.24) is 10.2 Å². The van der Waals surface area contributed by atoms with Gasteiger partial charge in [0.2, 0.25) is 0 Å². The van der Waals surface area contributed by atoms with Gasteiger partial charge in [0.25, 0.3) is 10.0 Å². The Morgan fingerprint density at radius 3 is 2.27 bits per heavy atom. The molecule has 0 unspecified atom stereocenters. The lowest BCUT2D eigenvalue weighted by atomic mass is 10.1. The highest BCUT2D eigenvalue weighted by Crippen LogP contribution is 2.28. The minimum absolute atomic E-state index is 0.221. The van der Waals surface area contributed by atoms with Crippen LogP contribution in [0.3, 0.4) is 0 Å². The molecule has 2 aromatic carbocycles. The number of sulfonamides is 1. The van der Waals surface area contributed by atoms with Gasteiger partial charge in [0.1, 0.15) is 5.75 Å². The molecule has 0 saturated heterocycles. The van der Waals surface area contributed by atoms with Gasteiger partial charge in [-0.2, -0.15) is 5.10 Å². The third kappa shape index (κ3) is 4.62. The molecule has 1 aromatic heterocycles. The van der Waals surface area contributed by atoms with Crippen LogP contribution in [0.15, 0.2) is 53.6 Å². The summed E-state index contributed by atoms with van der Waals surface area (Å²) >= 11 is 0. The predicted molar refractivity (Wildman–Crippen MR) is 119 cm³/mol. The Labute approximate surface area is 177 Å². The first-order chi connectivity index (χ1) is 14.2. The van der Waals surface area contributed by atoms with Crippen molar-refractivity contribution >= 4 is 32.9 Å². The molecule has 0 aliphatic rings. The number of aromatic nitrogens is 2. The van der Waals surface area contributed by atoms with Crippen molar-refractivity contribution in [3.63, 3.8) is 0 Å². The molecule has 2 N–H and O–H groups in total. The minimum Gasteiger partial charge on any atom is -0.496 e. The zero-order valence-corrected chi connectivity index (χ0v) is 18.4. The molecule has 0 spiro atoms. The van der Waals surface area contributed by atoms with Crippen molar-refractivity contribution in [1.29, 1.82) is 0 Å². The van der Waals surface area contributed by atoms with E-state index in [0.717, 1.165) is 16.9 Å². The van der Waals surface area contributed by atoms with Gasteiger partial charge in [-0.05, 0) is 61.4 Å². The van der Waals surface area contributed by atoms with Gasteiger partial charge in [-0.1, -0.05) is 0 Å². The smallest absolute Gasteiger partial charge is 0.262 e. The zero-order chi connectivity index (χ0) is 21.9. The highest BCUT2D eigenvalue weighted by molar-refractivity contribution is 7.92. The van der Waals surface area contributed by atoms with E-state index in [1.165, 1.54) is 0 Å².